The van der Waals surface area contributed by atoms with Crippen LogP contribution in [0.3, 0.4) is 0 Å². The average molecular weight is 176 g/mol. The zero-order valence-corrected chi connectivity index (χ0v) is 7.52. The van der Waals surface area contributed by atoms with Crippen molar-refractivity contribution < 1.29 is 4.79 Å². The van der Waals surface area contributed by atoms with Crippen molar-refractivity contribution in [2.75, 3.05) is 0 Å². The number of carbonyl (C=O) groups is 1. The number of benzene rings is 1. The van der Waals surface area contributed by atoms with Crippen molar-refractivity contribution in [1.29, 1.82) is 0 Å². The van der Waals surface area contributed by atoms with Crippen molar-refractivity contribution in [2.45, 2.75) is 6.92 Å². The third kappa shape index (κ3) is 0.994. The molecule has 0 bridgehead atoms. The molecule has 1 aromatic rings. The molecule has 0 radical (unpaired) electrons. The largest absolute Gasteiger partial charge is 0.281 e. The second-order valence-electron chi connectivity index (χ2n) is 2.59. The Labute approximate surface area is 75.5 Å². The van der Waals surface area contributed by atoms with E-state index in [1.54, 1.807) is 0 Å². The smallest absolute Gasteiger partial charge is 0.224 e. The summed E-state index contributed by atoms with van der Waals surface area (Å²) in [5, 5.41) is 0.165. The van der Waals surface area contributed by atoms with E-state index in [1.165, 1.54) is 11.8 Å². The Morgan fingerprint density at radius 3 is 2.58 bits per heavy atom. The number of carbonyl (C=O) groups excluding carboxylic acids is 1. The quantitative estimate of drug-likeness (QED) is 0.604. The summed E-state index contributed by atoms with van der Waals surface area (Å²) < 4.78 is 0. The van der Waals surface area contributed by atoms with Crippen LogP contribution in [0.5, 0.6) is 0 Å². The van der Waals surface area contributed by atoms with Crippen LogP contribution in [0, 0.1) is 0 Å². The first-order chi connectivity index (χ1) is 5.83. The summed E-state index contributed by atoms with van der Waals surface area (Å²) in [7, 11) is 0. The van der Waals surface area contributed by atoms with E-state index in [0.29, 0.717) is 0 Å². The van der Waals surface area contributed by atoms with E-state index in [4.69, 9.17) is 0 Å². The second-order valence-corrected chi connectivity index (χ2v) is 3.60. The lowest BCUT2D eigenvalue weighted by atomic mass is 10.1. The zero-order valence-electron chi connectivity index (χ0n) is 6.70. The number of hydrogen-bond acceptors (Lipinski definition) is 2. The highest BCUT2D eigenvalue weighted by molar-refractivity contribution is 8.22. The van der Waals surface area contributed by atoms with Gasteiger partial charge in [0, 0.05) is 10.5 Å². The Morgan fingerprint density at radius 2 is 1.92 bits per heavy atom. The first-order valence-corrected chi connectivity index (χ1v) is 4.62. The Kier molecular flexibility index (Phi) is 1.77. The normalized spacial score (nSPS) is 18.4. The van der Waals surface area contributed by atoms with Gasteiger partial charge >= 0.3 is 0 Å². The second kappa shape index (κ2) is 2.79. The predicted molar refractivity (Wildman–Crippen MR) is 52.0 cm³/mol. The maximum Gasteiger partial charge on any atom is 0.224 e. The van der Waals surface area contributed by atoms with Crippen molar-refractivity contribution in [2.24, 2.45) is 0 Å². The summed E-state index contributed by atoms with van der Waals surface area (Å²) in [5.74, 6) is 0. The lowest BCUT2D eigenvalue weighted by molar-refractivity contribution is 0.109. The average Bonchev–Trinajstić information content (AvgIpc) is 2.44. The van der Waals surface area contributed by atoms with Crippen molar-refractivity contribution in [3.05, 3.63) is 41.5 Å². The lowest BCUT2D eigenvalue weighted by Gasteiger charge is -1.94. The number of rotatable bonds is 0. The first-order valence-electron chi connectivity index (χ1n) is 3.81. The van der Waals surface area contributed by atoms with Crippen LogP contribution in [-0.4, -0.2) is 5.12 Å². The minimum atomic E-state index is 0.165. The Bertz CT molecular complexity index is 366. The molecule has 0 spiro atoms. The molecular weight excluding hydrogens is 168 g/mol. The van der Waals surface area contributed by atoms with Gasteiger partial charge in [-0.1, -0.05) is 24.3 Å². The van der Waals surface area contributed by atoms with Gasteiger partial charge in [-0.25, -0.2) is 0 Å². The summed E-state index contributed by atoms with van der Waals surface area (Å²) in [4.78, 5) is 12.4. The summed E-state index contributed by atoms with van der Waals surface area (Å²) in [6.45, 7) is 1.96. The van der Waals surface area contributed by atoms with E-state index < -0.39 is 0 Å². The van der Waals surface area contributed by atoms with Crippen molar-refractivity contribution in [1.82, 2.24) is 0 Å². The molecule has 0 amide bonds. The standard InChI is InChI=1S/C10H8OS/c1-2-9-7-5-3-4-6-8(7)10(11)12-9/h2-6H,1H3/b9-2-. The van der Waals surface area contributed by atoms with E-state index in [2.05, 4.69) is 0 Å². The highest BCUT2D eigenvalue weighted by Crippen LogP contribution is 2.39. The molecule has 1 aromatic carbocycles. The lowest BCUT2D eigenvalue weighted by Crippen LogP contribution is -1.85. The van der Waals surface area contributed by atoms with Crippen LogP contribution in [0.1, 0.15) is 22.8 Å². The molecular formula is C10H8OS. The summed E-state index contributed by atoms with van der Waals surface area (Å²) in [5.41, 5.74) is 1.92. The van der Waals surface area contributed by atoms with Crippen LogP contribution in [0.15, 0.2) is 30.3 Å². The van der Waals surface area contributed by atoms with Crippen LogP contribution < -0.4 is 0 Å². The van der Waals surface area contributed by atoms with E-state index in [1.807, 2.05) is 37.3 Å². The maximum absolute atomic E-state index is 11.4. The molecule has 1 nitrogen and oxygen atoms in total. The van der Waals surface area contributed by atoms with Gasteiger partial charge in [0.05, 0.1) is 0 Å². The molecule has 60 valence electrons. The first kappa shape index (κ1) is 7.62. The van der Waals surface area contributed by atoms with Gasteiger partial charge in [-0.05, 0) is 30.3 Å². The fourth-order valence-corrected chi connectivity index (χ4v) is 2.19. The molecule has 0 fully saturated rings. The van der Waals surface area contributed by atoms with E-state index in [-0.39, 0.29) is 5.12 Å². The summed E-state index contributed by atoms with van der Waals surface area (Å²) in [6, 6.07) is 7.72. The van der Waals surface area contributed by atoms with Crippen molar-refractivity contribution in [3.63, 3.8) is 0 Å². The highest BCUT2D eigenvalue weighted by atomic mass is 32.2. The molecule has 1 aliphatic rings. The van der Waals surface area contributed by atoms with Gasteiger partial charge in [-0.15, -0.1) is 0 Å². The van der Waals surface area contributed by atoms with Crippen molar-refractivity contribution in [3.8, 4) is 0 Å². The van der Waals surface area contributed by atoms with Crippen molar-refractivity contribution >= 4 is 21.8 Å². The number of fused-ring (bicyclic) bond motifs is 1. The van der Waals surface area contributed by atoms with E-state index in [0.717, 1.165) is 16.0 Å². The molecule has 0 saturated heterocycles. The molecule has 12 heavy (non-hydrogen) atoms. The fourth-order valence-electron chi connectivity index (χ4n) is 1.30. The van der Waals surface area contributed by atoms with Crippen LogP contribution in [0.4, 0.5) is 0 Å². The summed E-state index contributed by atoms with van der Waals surface area (Å²) in [6.07, 6.45) is 1.98. The molecule has 1 aliphatic heterocycles. The zero-order chi connectivity index (χ0) is 8.55. The highest BCUT2D eigenvalue weighted by Gasteiger charge is 2.23. The van der Waals surface area contributed by atoms with Gasteiger partial charge in [0.25, 0.3) is 0 Å². The minimum absolute atomic E-state index is 0.165. The number of thioether (sulfide) groups is 1. The Balaban J connectivity index is 2.65. The van der Waals surface area contributed by atoms with Gasteiger partial charge in [0.1, 0.15) is 0 Å². The topological polar surface area (TPSA) is 17.1 Å². The third-order valence-electron chi connectivity index (χ3n) is 1.88. The number of hydrogen-bond donors (Lipinski definition) is 0. The molecule has 0 unspecified atom stereocenters. The molecule has 2 heteroatoms. The number of allylic oxidation sites excluding steroid dienone is 1. The van der Waals surface area contributed by atoms with Crippen LogP contribution >= 0.6 is 11.8 Å². The third-order valence-corrected chi connectivity index (χ3v) is 2.96. The van der Waals surface area contributed by atoms with Crippen LogP contribution in [0.25, 0.3) is 4.91 Å². The molecule has 0 saturated carbocycles. The van der Waals surface area contributed by atoms with Gasteiger partial charge in [-0.3, -0.25) is 4.79 Å². The van der Waals surface area contributed by atoms with E-state index >= 15 is 0 Å². The van der Waals surface area contributed by atoms with Gasteiger partial charge in [0.2, 0.25) is 5.12 Å². The van der Waals surface area contributed by atoms with Gasteiger partial charge in [0.15, 0.2) is 0 Å². The maximum atomic E-state index is 11.4. The Hall–Kier alpha value is -1.02. The predicted octanol–water partition coefficient (Wildman–Crippen LogP) is 2.93. The molecule has 0 aliphatic carbocycles. The minimum Gasteiger partial charge on any atom is -0.281 e. The van der Waals surface area contributed by atoms with E-state index in [9.17, 15) is 4.79 Å². The molecule has 0 aromatic heterocycles. The van der Waals surface area contributed by atoms with Crippen LogP contribution in [-0.2, 0) is 0 Å². The SMILES string of the molecule is C/C=C1\SC(=O)c2ccccc21. The summed E-state index contributed by atoms with van der Waals surface area (Å²) >= 11 is 1.32. The molecule has 0 atom stereocenters. The Morgan fingerprint density at radius 1 is 1.25 bits per heavy atom. The molecule has 2 rings (SSSR count). The van der Waals surface area contributed by atoms with Gasteiger partial charge < -0.3 is 0 Å². The monoisotopic (exact) mass is 176 g/mol. The van der Waals surface area contributed by atoms with Crippen LogP contribution in [0.2, 0.25) is 0 Å². The van der Waals surface area contributed by atoms with Gasteiger partial charge in [-0.2, -0.15) is 0 Å². The fraction of sp³-hybridized carbons (Fsp3) is 0.100. The molecule has 0 N–H and O–H groups in total. The molecule has 1 heterocycles.